The van der Waals surface area contributed by atoms with Crippen LogP contribution in [0.1, 0.15) is 27.7 Å². The molecule has 2 atom stereocenters. The molecule has 1 unspecified atom stereocenters. The molecule has 1 fully saturated rings. The van der Waals surface area contributed by atoms with E-state index >= 15 is 0 Å². The van der Waals surface area contributed by atoms with Crippen molar-refractivity contribution >= 4 is 23.8 Å². The number of amides is 1. The molecule has 0 aromatic heterocycles. The van der Waals surface area contributed by atoms with Crippen molar-refractivity contribution in [2.24, 2.45) is 0 Å². The molecule has 0 aromatic carbocycles. The highest BCUT2D eigenvalue weighted by atomic mass is 32.2. The van der Waals surface area contributed by atoms with Gasteiger partial charge in [-0.25, -0.2) is 9.59 Å². The highest BCUT2D eigenvalue weighted by Crippen LogP contribution is 2.30. The summed E-state index contributed by atoms with van der Waals surface area (Å²) in [7, 11) is 0. The van der Waals surface area contributed by atoms with Gasteiger partial charge in [0, 0.05) is 5.75 Å². The molecule has 1 aliphatic rings. The molecule has 92 valence electrons. The van der Waals surface area contributed by atoms with E-state index in [1.165, 1.54) is 16.7 Å². The number of carboxylic acids is 1. The molecule has 0 radical (unpaired) electrons. The normalized spacial score (nSPS) is 25.6. The quantitative estimate of drug-likeness (QED) is 0.765. The molecule has 0 bridgehead atoms. The van der Waals surface area contributed by atoms with Gasteiger partial charge in [-0.15, -0.1) is 11.8 Å². The van der Waals surface area contributed by atoms with E-state index in [1.807, 2.05) is 0 Å². The summed E-state index contributed by atoms with van der Waals surface area (Å²) in [6.45, 7) is 7.08. The fourth-order valence-corrected chi connectivity index (χ4v) is 2.58. The molecular formula is C10H17NO4S. The Morgan fingerprint density at radius 1 is 1.44 bits per heavy atom. The Balaban J connectivity index is 2.76. The number of nitrogens with zero attached hydrogens (tertiary/aromatic N) is 1. The molecule has 0 spiro atoms. The molecule has 1 N–H and O–H groups in total. The summed E-state index contributed by atoms with van der Waals surface area (Å²) >= 11 is 1.44. The predicted molar refractivity (Wildman–Crippen MR) is 61.4 cm³/mol. The van der Waals surface area contributed by atoms with Crippen LogP contribution < -0.4 is 0 Å². The fraction of sp³-hybridized carbons (Fsp3) is 0.800. The lowest BCUT2D eigenvalue weighted by Crippen LogP contribution is -2.46. The molecule has 1 heterocycles. The number of thioether (sulfide) groups is 1. The number of carboxylic acid groups (broad SMARTS) is 1. The van der Waals surface area contributed by atoms with E-state index in [1.54, 1.807) is 27.7 Å². The Morgan fingerprint density at radius 3 is 2.44 bits per heavy atom. The number of carbonyl (C=O) groups excluding carboxylic acids is 1. The SMILES string of the molecule is CC1SC[C@@H](C(=O)O)N1C(=O)OC(C)(C)C. The van der Waals surface area contributed by atoms with Gasteiger partial charge in [0.15, 0.2) is 0 Å². The van der Waals surface area contributed by atoms with Crippen molar-refractivity contribution in [3.63, 3.8) is 0 Å². The third kappa shape index (κ3) is 3.04. The second-order valence-electron chi connectivity index (χ2n) is 4.67. The van der Waals surface area contributed by atoms with Crippen LogP contribution in [0, 0.1) is 0 Å². The van der Waals surface area contributed by atoms with Gasteiger partial charge in [0.2, 0.25) is 0 Å². The third-order valence-corrected chi connectivity index (χ3v) is 3.33. The van der Waals surface area contributed by atoms with Crippen molar-refractivity contribution in [1.82, 2.24) is 4.90 Å². The van der Waals surface area contributed by atoms with Crippen LogP contribution in [0.3, 0.4) is 0 Å². The lowest BCUT2D eigenvalue weighted by Gasteiger charge is -2.28. The summed E-state index contributed by atoms with van der Waals surface area (Å²) in [5.74, 6) is -0.571. The Kier molecular flexibility index (Phi) is 3.72. The average Bonchev–Trinajstić information content (AvgIpc) is 2.43. The molecule has 0 aliphatic carbocycles. The topological polar surface area (TPSA) is 66.8 Å². The van der Waals surface area contributed by atoms with E-state index < -0.39 is 23.7 Å². The minimum absolute atomic E-state index is 0.157. The second-order valence-corrected chi connectivity index (χ2v) is 6.02. The van der Waals surface area contributed by atoms with Crippen LogP contribution in [0.5, 0.6) is 0 Å². The van der Waals surface area contributed by atoms with Crippen molar-refractivity contribution in [3.05, 3.63) is 0 Å². The molecule has 1 amide bonds. The first-order chi connectivity index (χ1) is 7.22. The number of rotatable bonds is 1. The monoisotopic (exact) mass is 247 g/mol. The summed E-state index contributed by atoms with van der Waals surface area (Å²) in [6.07, 6.45) is -0.558. The molecular weight excluding hydrogens is 230 g/mol. The van der Waals surface area contributed by atoms with Gasteiger partial charge in [0.1, 0.15) is 11.6 Å². The van der Waals surface area contributed by atoms with Crippen molar-refractivity contribution in [2.75, 3.05) is 5.75 Å². The smallest absolute Gasteiger partial charge is 0.411 e. The number of carbonyl (C=O) groups is 2. The van der Waals surface area contributed by atoms with Gasteiger partial charge in [-0.2, -0.15) is 0 Å². The van der Waals surface area contributed by atoms with E-state index in [4.69, 9.17) is 9.84 Å². The van der Waals surface area contributed by atoms with Crippen molar-refractivity contribution in [2.45, 2.75) is 44.7 Å². The number of aliphatic carboxylic acids is 1. The van der Waals surface area contributed by atoms with Crippen LogP contribution >= 0.6 is 11.8 Å². The van der Waals surface area contributed by atoms with Gasteiger partial charge in [-0.05, 0) is 27.7 Å². The first-order valence-corrected chi connectivity index (χ1v) is 6.13. The molecule has 1 rings (SSSR count). The van der Waals surface area contributed by atoms with E-state index in [0.717, 1.165) is 0 Å². The highest BCUT2D eigenvalue weighted by molar-refractivity contribution is 8.00. The third-order valence-electron chi connectivity index (χ3n) is 2.11. The van der Waals surface area contributed by atoms with E-state index in [2.05, 4.69) is 0 Å². The highest BCUT2D eigenvalue weighted by Gasteiger charge is 2.41. The Labute approximate surface area is 99.1 Å². The Hall–Kier alpha value is -0.910. The predicted octanol–water partition coefficient (Wildman–Crippen LogP) is 1.77. The number of ether oxygens (including phenoxy) is 1. The van der Waals surface area contributed by atoms with Gasteiger partial charge < -0.3 is 9.84 Å². The summed E-state index contributed by atoms with van der Waals surface area (Å²) in [5.41, 5.74) is -0.604. The van der Waals surface area contributed by atoms with Crippen molar-refractivity contribution in [1.29, 1.82) is 0 Å². The standard InChI is InChI=1S/C10H17NO4S/c1-6-11(7(5-16-6)8(12)13)9(14)15-10(2,3)4/h6-7H,5H2,1-4H3,(H,12,13)/t6?,7-/m0/s1. The molecule has 5 nitrogen and oxygen atoms in total. The van der Waals surface area contributed by atoms with Gasteiger partial charge in [0.05, 0.1) is 5.37 Å². The van der Waals surface area contributed by atoms with Gasteiger partial charge >= 0.3 is 12.1 Å². The van der Waals surface area contributed by atoms with E-state index in [0.29, 0.717) is 5.75 Å². The Bertz CT molecular complexity index is 300. The van der Waals surface area contributed by atoms with Crippen LogP contribution in [0.2, 0.25) is 0 Å². The average molecular weight is 247 g/mol. The van der Waals surface area contributed by atoms with Crippen molar-refractivity contribution < 1.29 is 19.4 Å². The number of hydrogen-bond donors (Lipinski definition) is 1. The minimum atomic E-state index is -0.984. The zero-order chi connectivity index (χ0) is 12.5. The van der Waals surface area contributed by atoms with Crippen molar-refractivity contribution in [3.8, 4) is 0 Å². The number of hydrogen-bond acceptors (Lipinski definition) is 4. The Morgan fingerprint density at radius 2 is 2.00 bits per heavy atom. The fourth-order valence-electron chi connectivity index (χ4n) is 1.43. The maximum absolute atomic E-state index is 11.8. The molecule has 6 heteroatoms. The maximum Gasteiger partial charge on any atom is 0.411 e. The first kappa shape index (κ1) is 13.2. The van der Waals surface area contributed by atoms with Crippen LogP contribution in [-0.2, 0) is 9.53 Å². The largest absolute Gasteiger partial charge is 0.480 e. The second kappa shape index (κ2) is 4.53. The summed E-state index contributed by atoms with van der Waals surface area (Å²) < 4.78 is 5.18. The summed E-state index contributed by atoms with van der Waals surface area (Å²) in [5, 5.41) is 8.83. The van der Waals surface area contributed by atoms with Crippen LogP contribution in [0.4, 0.5) is 4.79 Å². The van der Waals surface area contributed by atoms with E-state index in [9.17, 15) is 9.59 Å². The van der Waals surface area contributed by atoms with Gasteiger partial charge in [-0.1, -0.05) is 0 Å². The van der Waals surface area contributed by atoms with Crippen LogP contribution in [0.15, 0.2) is 0 Å². The molecule has 1 saturated heterocycles. The first-order valence-electron chi connectivity index (χ1n) is 5.08. The zero-order valence-electron chi connectivity index (χ0n) is 9.89. The van der Waals surface area contributed by atoms with Gasteiger partial charge in [-0.3, -0.25) is 4.90 Å². The minimum Gasteiger partial charge on any atom is -0.480 e. The molecule has 0 aromatic rings. The summed E-state index contributed by atoms with van der Waals surface area (Å²) in [6, 6.07) is -0.783. The van der Waals surface area contributed by atoms with E-state index in [-0.39, 0.29) is 5.37 Å². The van der Waals surface area contributed by atoms with Crippen LogP contribution in [0.25, 0.3) is 0 Å². The molecule has 0 saturated carbocycles. The molecule has 16 heavy (non-hydrogen) atoms. The lowest BCUT2D eigenvalue weighted by atomic mass is 10.2. The lowest BCUT2D eigenvalue weighted by molar-refractivity contribution is -0.142. The molecule has 1 aliphatic heterocycles. The summed E-state index contributed by atoms with van der Waals surface area (Å²) in [4.78, 5) is 24.1. The van der Waals surface area contributed by atoms with Gasteiger partial charge in [0.25, 0.3) is 0 Å². The zero-order valence-corrected chi connectivity index (χ0v) is 10.7. The maximum atomic E-state index is 11.8. The van der Waals surface area contributed by atoms with Crippen LogP contribution in [-0.4, -0.2) is 44.8 Å².